The number of amides is 2. The van der Waals surface area contributed by atoms with Gasteiger partial charge in [0.2, 0.25) is 5.95 Å². The molecular formula is C27H26Cl2FN5O3. The lowest BCUT2D eigenvalue weighted by molar-refractivity contribution is 0.101. The minimum atomic E-state index is -0.773. The molecule has 198 valence electrons. The van der Waals surface area contributed by atoms with Gasteiger partial charge in [0.05, 0.1) is 21.7 Å². The first-order chi connectivity index (χ1) is 18.0. The van der Waals surface area contributed by atoms with Crippen LogP contribution in [0.4, 0.5) is 21.7 Å². The molecule has 3 aromatic carbocycles. The SMILES string of the molecule is Cc1c(Cl)cccc1NC(=O)c1cc(NC(=O)c2c(F)cccc2Cl)cc2[nH]c(NCC(C)(C)CO)nc12. The van der Waals surface area contributed by atoms with Crippen molar-refractivity contribution in [3.63, 3.8) is 0 Å². The number of nitrogens with one attached hydrogen (secondary N) is 4. The molecule has 0 aliphatic heterocycles. The Morgan fingerprint density at radius 3 is 2.47 bits per heavy atom. The van der Waals surface area contributed by atoms with E-state index in [0.717, 1.165) is 6.07 Å². The fourth-order valence-electron chi connectivity index (χ4n) is 3.67. The second kappa shape index (κ2) is 11.0. The first-order valence-corrected chi connectivity index (χ1v) is 12.4. The number of nitrogens with zero attached hydrogens (tertiary/aromatic N) is 1. The standard InChI is InChI=1S/C27H26Cl2FN5O3/c1-14-17(28)6-5-9-20(14)33-24(37)16-10-15(32-25(38)22-18(29)7-4-8-19(22)30)11-21-23(16)35-26(34-21)31-12-27(2,3)13-36/h4-11,36H,12-13H2,1-3H3,(H,32,38)(H,33,37)(H2,31,34,35). The van der Waals surface area contributed by atoms with Gasteiger partial charge in [0.1, 0.15) is 11.3 Å². The second-order valence-electron chi connectivity index (χ2n) is 9.60. The normalized spacial score (nSPS) is 11.4. The summed E-state index contributed by atoms with van der Waals surface area (Å²) in [6.45, 7) is 5.91. The molecule has 0 aliphatic carbocycles. The van der Waals surface area contributed by atoms with Crippen molar-refractivity contribution >= 4 is 63.4 Å². The quantitative estimate of drug-likeness (QED) is 0.175. The molecule has 0 radical (unpaired) electrons. The molecule has 2 amide bonds. The predicted molar refractivity (Wildman–Crippen MR) is 149 cm³/mol. The van der Waals surface area contributed by atoms with Crippen molar-refractivity contribution in [3.05, 3.63) is 81.1 Å². The van der Waals surface area contributed by atoms with Crippen molar-refractivity contribution in [2.24, 2.45) is 5.41 Å². The Kier molecular flexibility index (Phi) is 7.91. The lowest BCUT2D eigenvalue weighted by Crippen LogP contribution is -2.27. The van der Waals surface area contributed by atoms with Crippen LogP contribution in [0.15, 0.2) is 48.5 Å². The third-order valence-corrected chi connectivity index (χ3v) is 6.68. The van der Waals surface area contributed by atoms with Crippen molar-refractivity contribution < 1.29 is 19.1 Å². The molecule has 1 heterocycles. The van der Waals surface area contributed by atoms with Gasteiger partial charge in [0.25, 0.3) is 11.8 Å². The Balaban J connectivity index is 1.73. The summed E-state index contributed by atoms with van der Waals surface area (Å²) in [5.74, 6) is -1.67. The highest BCUT2D eigenvalue weighted by molar-refractivity contribution is 6.34. The molecule has 0 unspecified atom stereocenters. The Morgan fingerprint density at radius 2 is 1.76 bits per heavy atom. The van der Waals surface area contributed by atoms with Gasteiger partial charge < -0.3 is 26.0 Å². The maximum atomic E-state index is 14.3. The van der Waals surface area contributed by atoms with E-state index in [-0.39, 0.29) is 28.4 Å². The molecule has 0 saturated carbocycles. The Hall–Kier alpha value is -3.66. The van der Waals surface area contributed by atoms with Crippen molar-refractivity contribution in [1.82, 2.24) is 9.97 Å². The number of aliphatic hydroxyl groups is 1. The highest BCUT2D eigenvalue weighted by Gasteiger charge is 2.22. The molecule has 0 fully saturated rings. The van der Waals surface area contributed by atoms with E-state index in [1.165, 1.54) is 18.2 Å². The van der Waals surface area contributed by atoms with Gasteiger partial charge >= 0.3 is 0 Å². The maximum Gasteiger partial charge on any atom is 0.260 e. The topological polar surface area (TPSA) is 119 Å². The summed E-state index contributed by atoms with van der Waals surface area (Å²) in [6.07, 6.45) is 0. The van der Waals surface area contributed by atoms with Crippen LogP contribution in [0.25, 0.3) is 11.0 Å². The number of hydrogen-bond acceptors (Lipinski definition) is 5. The average Bonchev–Trinajstić information content (AvgIpc) is 3.28. The number of carbonyl (C=O) groups is 2. The zero-order valence-corrected chi connectivity index (χ0v) is 22.4. The molecule has 1 aromatic heterocycles. The molecule has 8 nitrogen and oxygen atoms in total. The minimum absolute atomic E-state index is 0.0400. The third-order valence-electron chi connectivity index (χ3n) is 5.96. The monoisotopic (exact) mass is 557 g/mol. The van der Waals surface area contributed by atoms with Gasteiger partial charge in [-0.15, -0.1) is 0 Å². The third kappa shape index (κ3) is 5.91. The van der Waals surface area contributed by atoms with Crippen LogP contribution in [0.1, 0.15) is 40.1 Å². The van der Waals surface area contributed by atoms with Gasteiger partial charge in [-0.3, -0.25) is 9.59 Å². The number of H-pyrrole nitrogens is 1. The van der Waals surface area contributed by atoms with Crippen LogP contribution < -0.4 is 16.0 Å². The number of halogens is 3. The average molecular weight is 558 g/mol. The minimum Gasteiger partial charge on any atom is -0.396 e. The van der Waals surface area contributed by atoms with Crippen molar-refractivity contribution in [2.45, 2.75) is 20.8 Å². The van der Waals surface area contributed by atoms with E-state index in [1.54, 1.807) is 31.2 Å². The summed E-state index contributed by atoms with van der Waals surface area (Å²) in [4.78, 5) is 33.9. The van der Waals surface area contributed by atoms with Crippen molar-refractivity contribution in [3.8, 4) is 0 Å². The van der Waals surface area contributed by atoms with E-state index in [4.69, 9.17) is 23.2 Å². The molecule has 4 rings (SSSR count). The number of anilines is 3. The molecule has 5 N–H and O–H groups in total. The number of benzene rings is 3. The molecule has 0 aliphatic rings. The lowest BCUT2D eigenvalue weighted by atomic mass is 9.95. The molecule has 4 aromatic rings. The Morgan fingerprint density at radius 1 is 1.05 bits per heavy atom. The summed E-state index contributed by atoms with van der Waals surface area (Å²) in [7, 11) is 0. The molecule has 11 heteroatoms. The van der Waals surface area contributed by atoms with E-state index >= 15 is 0 Å². The van der Waals surface area contributed by atoms with Crippen LogP contribution in [0, 0.1) is 18.2 Å². The predicted octanol–water partition coefficient (Wildman–Crippen LogP) is 6.25. The molecule has 0 spiro atoms. The smallest absolute Gasteiger partial charge is 0.260 e. The second-order valence-corrected chi connectivity index (χ2v) is 10.4. The van der Waals surface area contributed by atoms with Gasteiger partial charge in [-0.1, -0.05) is 49.2 Å². The number of hydrogen-bond donors (Lipinski definition) is 5. The summed E-state index contributed by atoms with van der Waals surface area (Å²) in [6, 6.07) is 12.1. The van der Waals surface area contributed by atoms with Gasteiger partial charge in [0, 0.05) is 35.0 Å². The van der Waals surface area contributed by atoms with Crippen LogP contribution in [-0.4, -0.2) is 40.0 Å². The lowest BCUT2D eigenvalue weighted by Gasteiger charge is -2.21. The Labute approximate surface area is 228 Å². The number of imidazole rings is 1. The van der Waals surface area contributed by atoms with Crippen molar-refractivity contribution in [1.29, 1.82) is 0 Å². The first kappa shape index (κ1) is 27.4. The summed E-state index contributed by atoms with van der Waals surface area (Å²) >= 11 is 12.3. The van der Waals surface area contributed by atoms with E-state index < -0.39 is 23.0 Å². The van der Waals surface area contributed by atoms with Crippen LogP contribution >= 0.6 is 23.2 Å². The van der Waals surface area contributed by atoms with Crippen LogP contribution in [-0.2, 0) is 0 Å². The van der Waals surface area contributed by atoms with Crippen LogP contribution in [0.5, 0.6) is 0 Å². The summed E-state index contributed by atoms with van der Waals surface area (Å²) in [5.41, 5.74) is 1.64. The summed E-state index contributed by atoms with van der Waals surface area (Å²) < 4.78 is 14.3. The number of carbonyl (C=O) groups excluding carboxylic acids is 2. The fourth-order valence-corrected chi connectivity index (χ4v) is 4.09. The first-order valence-electron chi connectivity index (χ1n) is 11.7. The molecule has 38 heavy (non-hydrogen) atoms. The fraction of sp³-hybridized carbons (Fsp3) is 0.222. The number of aliphatic hydroxyl groups excluding tert-OH is 1. The van der Waals surface area contributed by atoms with E-state index in [2.05, 4.69) is 25.9 Å². The van der Waals surface area contributed by atoms with E-state index in [9.17, 15) is 19.1 Å². The number of aromatic amines is 1. The number of aromatic nitrogens is 2. The van der Waals surface area contributed by atoms with E-state index in [0.29, 0.717) is 39.8 Å². The van der Waals surface area contributed by atoms with Crippen LogP contribution in [0.3, 0.4) is 0 Å². The largest absolute Gasteiger partial charge is 0.396 e. The van der Waals surface area contributed by atoms with Gasteiger partial charge in [0.15, 0.2) is 0 Å². The molecule has 0 saturated heterocycles. The zero-order chi connectivity index (χ0) is 27.6. The Bertz CT molecular complexity index is 1520. The van der Waals surface area contributed by atoms with E-state index in [1.807, 2.05) is 13.8 Å². The molecular weight excluding hydrogens is 532 g/mol. The number of fused-ring (bicyclic) bond motifs is 1. The van der Waals surface area contributed by atoms with Gasteiger partial charge in [-0.2, -0.15) is 0 Å². The van der Waals surface area contributed by atoms with Crippen molar-refractivity contribution in [2.75, 3.05) is 29.1 Å². The summed E-state index contributed by atoms with van der Waals surface area (Å²) in [5, 5.41) is 18.6. The van der Waals surface area contributed by atoms with Crippen LogP contribution in [0.2, 0.25) is 10.0 Å². The van der Waals surface area contributed by atoms with Gasteiger partial charge in [-0.25, -0.2) is 9.37 Å². The maximum absolute atomic E-state index is 14.3. The molecule has 0 atom stereocenters. The van der Waals surface area contributed by atoms with Gasteiger partial charge in [-0.05, 0) is 48.9 Å². The zero-order valence-electron chi connectivity index (χ0n) is 20.9. The highest BCUT2D eigenvalue weighted by atomic mass is 35.5. The number of rotatable bonds is 8. The molecule has 0 bridgehead atoms. The highest BCUT2D eigenvalue weighted by Crippen LogP contribution is 2.29.